The zero-order valence-corrected chi connectivity index (χ0v) is 17.3. The molecule has 0 aliphatic heterocycles. The Morgan fingerprint density at radius 1 is 0.906 bits per heavy atom. The third kappa shape index (κ3) is 5.30. The number of aliphatic hydroxyl groups excluding tert-OH is 1. The van der Waals surface area contributed by atoms with Crippen molar-refractivity contribution in [2.75, 3.05) is 6.61 Å². The van der Waals surface area contributed by atoms with Crippen molar-refractivity contribution in [3.8, 4) is 16.9 Å². The second kappa shape index (κ2) is 10.2. The Hall–Kier alpha value is -4.17. The number of nitrogens with two attached hydrogens (primary N) is 2. The van der Waals surface area contributed by atoms with Crippen LogP contribution in [-0.2, 0) is 22.7 Å². The number of ether oxygens (including phenoxy) is 2. The highest BCUT2D eigenvalue weighted by Crippen LogP contribution is 2.28. The van der Waals surface area contributed by atoms with Crippen molar-refractivity contribution in [3.05, 3.63) is 89.0 Å². The van der Waals surface area contributed by atoms with E-state index in [1.54, 1.807) is 18.2 Å². The lowest BCUT2D eigenvalue weighted by Crippen LogP contribution is -2.21. The number of aliphatic hydroxyl groups is 1. The summed E-state index contributed by atoms with van der Waals surface area (Å²) in [4.78, 5) is 11.4. The second-order valence-corrected chi connectivity index (χ2v) is 6.97. The molecule has 3 aromatic rings. The topological polar surface area (TPSA) is 156 Å². The first-order valence-electron chi connectivity index (χ1n) is 9.79. The molecule has 32 heavy (non-hydrogen) atoms. The van der Waals surface area contributed by atoms with Crippen LogP contribution in [0, 0.1) is 10.8 Å². The Morgan fingerprint density at radius 2 is 1.66 bits per heavy atom. The Balaban J connectivity index is 1.90. The molecule has 0 aromatic heterocycles. The predicted molar refractivity (Wildman–Crippen MR) is 122 cm³/mol. The van der Waals surface area contributed by atoms with Crippen molar-refractivity contribution in [2.45, 2.75) is 13.2 Å². The predicted octanol–water partition coefficient (Wildman–Crippen LogP) is 2.54. The van der Waals surface area contributed by atoms with Gasteiger partial charge in [-0.3, -0.25) is 10.8 Å². The van der Waals surface area contributed by atoms with E-state index in [0.717, 1.165) is 22.3 Å². The Kier molecular flexibility index (Phi) is 7.20. The van der Waals surface area contributed by atoms with Crippen LogP contribution in [0.1, 0.15) is 22.3 Å². The van der Waals surface area contributed by atoms with Gasteiger partial charge in [-0.2, -0.15) is 0 Å². The summed E-state index contributed by atoms with van der Waals surface area (Å²) in [5, 5.41) is 24.5. The number of carbonyl (C=O) groups excluding carboxylic acids is 1. The Morgan fingerprint density at radius 3 is 2.31 bits per heavy atom. The van der Waals surface area contributed by atoms with Gasteiger partial charge in [0.25, 0.3) is 0 Å². The summed E-state index contributed by atoms with van der Waals surface area (Å²) in [6, 6.07) is 20.2. The molecule has 0 fully saturated rings. The number of benzene rings is 3. The van der Waals surface area contributed by atoms with E-state index in [0.29, 0.717) is 11.3 Å². The summed E-state index contributed by atoms with van der Waals surface area (Å²) < 4.78 is 11.0. The molecule has 0 unspecified atom stereocenters. The largest absolute Gasteiger partial charge is 0.488 e. The summed E-state index contributed by atoms with van der Waals surface area (Å²) in [5.74, 6) is -0.781. The third-order valence-corrected chi connectivity index (χ3v) is 4.76. The van der Waals surface area contributed by atoms with E-state index < -0.39 is 12.6 Å². The number of nitrogen functional groups attached to an aromatic ring is 2. The first-order chi connectivity index (χ1) is 15.4. The third-order valence-electron chi connectivity index (χ3n) is 4.76. The fourth-order valence-corrected chi connectivity index (χ4v) is 3.24. The molecule has 0 saturated carbocycles. The van der Waals surface area contributed by atoms with Gasteiger partial charge in [-0.1, -0.05) is 54.6 Å². The molecule has 0 radical (unpaired) electrons. The highest BCUT2D eigenvalue weighted by molar-refractivity contribution is 6.09. The molecule has 0 spiro atoms. The number of rotatable bonds is 9. The van der Waals surface area contributed by atoms with Gasteiger partial charge in [0.15, 0.2) is 0 Å². The van der Waals surface area contributed by atoms with E-state index >= 15 is 0 Å². The first-order valence-corrected chi connectivity index (χ1v) is 9.79. The molecule has 7 N–H and O–H groups in total. The molecule has 8 heteroatoms. The van der Waals surface area contributed by atoms with Gasteiger partial charge in [0.2, 0.25) is 0 Å². The fourth-order valence-electron chi connectivity index (χ4n) is 3.24. The molecule has 0 atom stereocenters. The number of nitrogens with one attached hydrogen (secondary N) is 2. The standard InChI is InChI=1S/C24H24N4O4/c25-23(26)18-7-4-8-20(22(18)24(27)28)31-13-15-9-10-17(14-32-21(30)12-29)19(11-15)16-5-2-1-3-6-16/h1-11,29H,12-14H2,(H3,25,26)(H3,27,28). The SMILES string of the molecule is N=C(N)c1cccc(OCc2ccc(COC(=O)CO)c(-c3ccccc3)c2)c1C(=N)N. The minimum atomic E-state index is -0.696. The molecule has 164 valence electrons. The molecule has 3 rings (SSSR count). The molecule has 0 saturated heterocycles. The average molecular weight is 432 g/mol. The summed E-state index contributed by atoms with van der Waals surface area (Å²) >= 11 is 0. The monoisotopic (exact) mass is 432 g/mol. The van der Waals surface area contributed by atoms with Crippen LogP contribution in [0.25, 0.3) is 11.1 Å². The van der Waals surface area contributed by atoms with E-state index in [-0.39, 0.29) is 30.4 Å². The zero-order valence-electron chi connectivity index (χ0n) is 17.3. The zero-order chi connectivity index (χ0) is 23.1. The lowest BCUT2D eigenvalue weighted by atomic mass is 9.97. The van der Waals surface area contributed by atoms with Gasteiger partial charge in [0.1, 0.15) is 37.2 Å². The highest BCUT2D eigenvalue weighted by Gasteiger charge is 2.15. The molecule has 0 aliphatic rings. The van der Waals surface area contributed by atoms with E-state index in [1.165, 1.54) is 0 Å². The van der Waals surface area contributed by atoms with Crippen molar-refractivity contribution in [3.63, 3.8) is 0 Å². The van der Waals surface area contributed by atoms with Crippen molar-refractivity contribution in [2.24, 2.45) is 11.5 Å². The maximum absolute atomic E-state index is 11.4. The van der Waals surface area contributed by atoms with Crippen LogP contribution >= 0.6 is 0 Å². The lowest BCUT2D eigenvalue weighted by molar-refractivity contribution is -0.148. The van der Waals surface area contributed by atoms with Crippen LogP contribution in [0.2, 0.25) is 0 Å². The van der Waals surface area contributed by atoms with E-state index in [2.05, 4.69) is 0 Å². The van der Waals surface area contributed by atoms with Crippen molar-refractivity contribution < 1.29 is 19.4 Å². The Labute approximate surface area is 185 Å². The highest BCUT2D eigenvalue weighted by atomic mass is 16.5. The number of hydrogen-bond donors (Lipinski definition) is 5. The van der Waals surface area contributed by atoms with Crippen molar-refractivity contribution >= 4 is 17.6 Å². The summed E-state index contributed by atoms with van der Waals surface area (Å²) in [5.41, 5.74) is 15.3. The minimum absolute atomic E-state index is 0.0277. The smallest absolute Gasteiger partial charge is 0.332 e. The number of hydrogen-bond acceptors (Lipinski definition) is 6. The summed E-state index contributed by atoms with van der Waals surface area (Å²) in [6.07, 6.45) is 0. The quantitative estimate of drug-likeness (QED) is 0.199. The summed E-state index contributed by atoms with van der Waals surface area (Å²) in [7, 11) is 0. The minimum Gasteiger partial charge on any atom is -0.488 e. The van der Waals surface area contributed by atoms with E-state index in [9.17, 15) is 4.79 Å². The molecule has 0 aliphatic carbocycles. The van der Waals surface area contributed by atoms with Crippen LogP contribution in [0.5, 0.6) is 5.75 Å². The second-order valence-electron chi connectivity index (χ2n) is 6.97. The molecule has 0 bridgehead atoms. The normalized spacial score (nSPS) is 10.4. The molecular weight excluding hydrogens is 408 g/mol. The maximum Gasteiger partial charge on any atom is 0.332 e. The Bertz CT molecular complexity index is 1150. The van der Waals surface area contributed by atoms with Crippen LogP contribution in [0.15, 0.2) is 66.7 Å². The van der Waals surface area contributed by atoms with Gasteiger partial charge in [-0.15, -0.1) is 0 Å². The number of carbonyl (C=O) groups is 1. The van der Waals surface area contributed by atoms with Gasteiger partial charge in [0, 0.05) is 5.56 Å². The lowest BCUT2D eigenvalue weighted by Gasteiger charge is -2.16. The van der Waals surface area contributed by atoms with Crippen LogP contribution in [0.3, 0.4) is 0 Å². The van der Waals surface area contributed by atoms with Gasteiger partial charge in [0.05, 0.1) is 5.56 Å². The molecule has 8 nitrogen and oxygen atoms in total. The maximum atomic E-state index is 11.4. The van der Waals surface area contributed by atoms with Gasteiger partial charge >= 0.3 is 5.97 Å². The van der Waals surface area contributed by atoms with Crippen LogP contribution in [0.4, 0.5) is 0 Å². The van der Waals surface area contributed by atoms with E-state index in [1.807, 2.05) is 48.5 Å². The molecule has 3 aromatic carbocycles. The van der Waals surface area contributed by atoms with E-state index in [4.69, 9.17) is 36.9 Å². The van der Waals surface area contributed by atoms with Crippen molar-refractivity contribution in [1.29, 1.82) is 10.8 Å². The van der Waals surface area contributed by atoms with Crippen molar-refractivity contribution in [1.82, 2.24) is 0 Å². The molecule has 0 heterocycles. The van der Waals surface area contributed by atoms with Gasteiger partial charge < -0.3 is 26.0 Å². The number of amidine groups is 2. The number of esters is 1. The van der Waals surface area contributed by atoms with Crippen LogP contribution < -0.4 is 16.2 Å². The van der Waals surface area contributed by atoms with Crippen LogP contribution in [-0.4, -0.2) is 29.4 Å². The fraction of sp³-hybridized carbons (Fsp3) is 0.125. The first kappa shape index (κ1) is 22.5. The molecular formula is C24H24N4O4. The molecule has 0 amide bonds. The summed E-state index contributed by atoms with van der Waals surface area (Å²) in [6.45, 7) is -0.470. The average Bonchev–Trinajstić information content (AvgIpc) is 2.81. The van der Waals surface area contributed by atoms with Gasteiger partial charge in [-0.25, -0.2) is 4.79 Å². The van der Waals surface area contributed by atoms with Gasteiger partial charge in [-0.05, 0) is 34.4 Å².